The molecule has 30 heavy (non-hydrogen) atoms. The molecule has 2 aliphatic heterocycles. The molecule has 0 bridgehead atoms. The first-order chi connectivity index (χ1) is 14.7. The Labute approximate surface area is 177 Å². The number of para-hydroxylation sites is 1. The molecule has 2 heterocycles. The van der Waals surface area contributed by atoms with Crippen molar-refractivity contribution < 1.29 is 9.53 Å². The SMILES string of the molecule is CN=C(NCCOc1ccc2c(c1)CCC(=O)N2)NC1CCN(c2ccccc2)C1. The Morgan fingerprint density at radius 3 is 2.93 bits per heavy atom. The first-order valence-electron chi connectivity index (χ1n) is 10.5. The summed E-state index contributed by atoms with van der Waals surface area (Å²) in [6, 6.07) is 16.7. The van der Waals surface area contributed by atoms with Gasteiger partial charge in [-0.2, -0.15) is 0 Å². The van der Waals surface area contributed by atoms with E-state index in [1.54, 1.807) is 7.05 Å². The molecule has 158 valence electrons. The number of aryl methyl sites for hydroxylation is 1. The Hall–Kier alpha value is -3.22. The molecule has 0 radical (unpaired) electrons. The van der Waals surface area contributed by atoms with Crippen molar-refractivity contribution in [3.63, 3.8) is 0 Å². The predicted molar refractivity (Wildman–Crippen MR) is 120 cm³/mol. The van der Waals surface area contributed by atoms with Crippen molar-refractivity contribution in [3.8, 4) is 5.75 Å². The summed E-state index contributed by atoms with van der Waals surface area (Å²) in [6.07, 6.45) is 2.37. The van der Waals surface area contributed by atoms with Gasteiger partial charge >= 0.3 is 0 Å². The molecule has 7 nitrogen and oxygen atoms in total. The van der Waals surface area contributed by atoms with E-state index >= 15 is 0 Å². The average Bonchev–Trinajstić information content (AvgIpc) is 3.25. The highest BCUT2D eigenvalue weighted by Crippen LogP contribution is 2.26. The number of nitrogens with zero attached hydrogens (tertiary/aromatic N) is 2. The number of carbonyl (C=O) groups excluding carboxylic acids is 1. The summed E-state index contributed by atoms with van der Waals surface area (Å²) in [7, 11) is 1.79. The molecule has 1 atom stereocenters. The lowest BCUT2D eigenvalue weighted by Gasteiger charge is -2.20. The highest BCUT2D eigenvalue weighted by Gasteiger charge is 2.23. The fraction of sp³-hybridized carbons (Fsp3) is 0.391. The number of hydrogen-bond acceptors (Lipinski definition) is 4. The van der Waals surface area contributed by atoms with Crippen molar-refractivity contribution in [1.82, 2.24) is 10.6 Å². The van der Waals surface area contributed by atoms with Crippen LogP contribution in [-0.2, 0) is 11.2 Å². The molecule has 1 unspecified atom stereocenters. The first-order valence-corrected chi connectivity index (χ1v) is 10.5. The van der Waals surface area contributed by atoms with E-state index in [4.69, 9.17) is 4.74 Å². The molecular formula is C23H29N5O2. The van der Waals surface area contributed by atoms with E-state index in [1.807, 2.05) is 24.3 Å². The number of rotatable bonds is 6. The topological polar surface area (TPSA) is 78.0 Å². The zero-order valence-electron chi connectivity index (χ0n) is 17.4. The van der Waals surface area contributed by atoms with E-state index < -0.39 is 0 Å². The molecule has 2 aromatic carbocycles. The maximum absolute atomic E-state index is 11.5. The van der Waals surface area contributed by atoms with Gasteiger partial charge in [-0.1, -0.05) is 18.2 Å². The van der Waals surface area contributed by atoms with Crippen molar-refractivity contribution in [3.05, 3.63) is 54.1 Å². The quantitative estimate of drug-likeness (QED) is 0.389. The molecule has 2 aliphatic rings. The number of ether oxygens (including phenoxy) is 1. The number of benzene rings is 2. The third kappa shape index (κ3) is 5.03. The van der Waals surface area contributed by atoms with Crippen LogP contribution < -0.4 is 25.6 Å². The van der Waals surface area contributed by atoms with Crippen LogP contribution in [0.2, 0.25) is 0 Å². The van der Waals surface area contributed by atoms with Crippen LogP contribution in [0.3, 0.4) is 0 Å². The van der Waals surface area contributed by atoms with Gasteiger partial charge in [-0.25, -0.2) is 0 Å². The summed E-state index contributed by atoms with van der Waals surface area (Å²) < 4.78 is 5.87. The van der Waals surface area contributed by atoms with Crippen LogP contribution in [0.4, 0.5) is 11.4 Å². The van der Waals surface area contributed by atoms with Crippen molar-refractivity contribution in [2.24, 2.45) is 4.99 Å². The lowest BCUT2D eigenvalue weighted by atomic mass is 10.0. The molecule has 2 aromatic rings. The number of guanidine groups is 1. The number of aliphatic imine (C=N–C) groups is 1. The minimum atomic E-state index is 0.0772. The van der Waals surface area contributed by atoms with E-state index in [2.05, 4.69) is 50.1 Å². The molecule has 1 saturated heterocycles. The first kappa shape index (κ1) is 20.1. The number of nitrogens with one attached hydrogen (secondary N) is 3. The third-order valence-electron chi connectivity index (χ3n) is 5.51. The van der Waals surface area contributed by atoms with Gasteiger partial charge in [-0.3, -0.25) is 9.79 Å². The van der Waals surface area contributed by atoms with Crippen LogP contribution >= 0.6 is 0 Å². The van der Waals surface area contributed by atoms with Gasteiger partial charge in [-0.05, 0) is 48.7 Å². The lowest BCUT2D eigenvalue weighted by molar-refractivity contribution is -0.116. The summed E-state index contributed by atoms with van der Waals surface area (Å²) in [5.74, 6) is 1.70. The Kier molecular flexibility index (Phi) is 6.37. The zero-order valence-corrected chi connectivity index (χ0v) is 17.4. The summed E-state index contributed by atoms with van der Waals surface area (Å²) in [4.78, 5) is 18.2. The van der Waals surface area contributed by atoms with Gasteiger partial charge < -0.3 is 25.6 Å². The van der Waals surface area contributed by atoms with E-state index in [9.17, 15) is 4.79 Å². The van der Waals surface area contributed by atoms with Crippen LogP contribution in [0.25, 0.3) is 0 Å². The molecule has 1 amide bonds. The van der Waals surface area contributed by atoms with Crippen LogP contribution in [0.1, 0.15) is 18.4 Å². The third-order valence-corrected chi connectivity index (χ3v) is 5.51. The number of amides is 1. The standard InChI is InChI=1S/C23H29N5O2/c1-24-23(26-18-11-13-28(16-18)19-5-3-2-4-6-19)25-12-14-30-20-8-9-21-17(15-20)7-10-22(29)27-21/h2-6,8-9,15,18H,7,10-14,16H2,1H3,(H,27,29)(H2,24,25,26). The monoisotopic (exact) mass is 407 g/mol. The second-order valence-corrected chi connectivity index (χ2v) is 7.63. The van der Waals surface area contributed by atoms with Gasteiger partial charge in [0.15, 0.2) is 5.96 Å². The van der Waals surface area contributed by atoms with Crippen LogP contribution in [0.5, 0.6) is 5.75 Å². The van der Waals surface area contributed by atoms with E-state index in [0.717, 1.165) is 48.9 Å². The summed E-state index contributed by atoms with van der Waals surface area (Å²) >= 11 is 0. The van der Waals surface area contributed by atoms with Crippen molar-refractivity contribution in [2.75, 3.05) is 43.5 Å². The molecule has 0 aliphatic carbocycles. The molecule has 4 rings (SSSR count). The van der Waals surface area contributed by atoms with E-state index in [1.165, 1.54) is 5.69 Å². The fourth-order valence-corrected chi connectivity index (χ4v) is 3.93. The Balaban J connectivity index is 1.20. The number of fused-ring (bicyclic) bond motifs is 1. The van der Waals surface area contributed by atoms with Gasteiger partial charge in [-0.15, -0.1) is 0 Å². The maximum Gasteiger partial charge on any atom is 0.224 e. The molecule has 7 heteroatoms. The largest absolute Gasteiger partial charge is 0.492 e. The second-order valence-electron chi connectivity index (χ2n) is 7.63. The fourth-order valence-electron chi connectivity index (χ4n) is 3.93. The Morgan fingerprint density at radius 1 is 1.23 bits per heavy atom. The van der Waals surface area contributed by atoms with Gasteiger partial charge in [0.25, 0.3) is 0 Å². The summed E-state index contributed by atoms with van der Waals surface area (Å²) in [5.41, 5.74) is 3.28. The Bertz CT molecular complexity index is 900. The average molecular weight is 408 g/mol. The minimum absolute atomic E-state index is 0.0772. The van der Waals surface area contributed by atoms with Crippen LogP contribution in [0, 0.1) is 0 Å². The number of carbonyl (C=O) groups is 1. The van der Waals surface area contributed by atoms with Crippen molar-refractivity contribution in [2.45, 2.75) is 25.3 Å². The highest BCUT2D eigenvalue weighted by atomic mass is 16.5. The molecule has 0 aromatic heterocycles. The van der Waals surface area contributed by atoms with Crippen molar-refractivity contribution >= 4 is 23.2 Å². The highest BCUT2D eigenvalue weighted by molar-refractivity contribution is 5.94. The van der Waals surface area contributed by atoms with Crippen molar-refractivity contribution in [1.29, 1.82) is 0 Å². The minimum Gasteiger partial charge on any atom is -0.492 e. The summed E-state index contributed by atoms with van der Waals surface area (Å²) in [5, 5.41) is 9.73. The van der Waals surface area contributed by atoms with E-state index in [-0.39, 0.29) is 5.91 Å². The number of hydrogen-bond donors (Lipinski definition) is 3. The second kappa shape index (κ2) is 9.52. The maximum atomic E-state index is 11.5. The molecular weight excluding hydrogens is 378 g/mol. The van der Waals surface area contributed by atoms with Gasteiger partial charge in [0.2, 0.25) is 5.91 Å². The van der Waals surface area contributed by atoms with Gasteiger partial charge in [0, 0.05) is 44.0 Å². The molecule has 1 fully saturated rings. The predicted octanol–water partition coefficient (Wildman–Crippen LogP) is 2.39. The molecule has 0 spiro atoms. The van der Waals surface area contributed by atoms with E-state index in [0.29, 0.717) is 25.6 Å². The normalized spacial score (nSPS) is 18.6. The summed E-state index contributed by atoms with van der Waals surface area (Å²) in [6.45, 7) is 3.20. The van der Waals surface area contributed by atoms with Gasteiger partial charge in [0.05, 0.1) is 6.54 Å². The van der Waals surface area contributed by atoms with Crippen LogP contribution in [0.15, 0.2) is 53.5 Å². The smallest absolute Gasteiger partial charge is 0.224 e. The van der Waals surface area contributed by atoms with Gasteiger partial charge in [0.1, 0.15) is 12.4 Å². The molecule has 3 N–H and O–H groups in total. The zero-order chi connectivity index (χ0) is 20.8. The Morgan fingerprint density at radius 2 is 2.10 bits per heavy atom. The van der Waals surface area contributed by atoms with Crippen LogP contribution in [-0.4, -0.2) is 51.2 Å². The molecule has 0 saturated carbocycles. The number of anilines is 2. The lowest BCUT2D eigenvalue weighted by Crippen LogP contribution is -2.45.